The highest BCUT2D eigenvalue weighted by atomic mass is 16.5. The molecule has 0 radical (unpaired) electrons. The first kappa shape index (κ1) is 12.0. The Bertz CT molecular complexity index is 134. The van der Waals surface area contributed by atoms with E-state index in [0.717, 1.165) is 25.7 Å². The lowest BCUT2D eigenvalue weighted by atomic mass is 10.2. The fraction of sp³-hybridized carbons (Fsp3) is 1.00. The van der Waals surface area contributed by atoms with Crippen LogP contribution in [-0.4, -0.2) is 25.8 Å². The first-order chi connectivity index (χ1) is 6.88. The minimum absolute atomic E-state index is 0.631. The lowest BCUT2D eigenvalue weighted by Gasteiger charge is -2.17. The minimum Gasteiger partial charge on any atom is -0.380 e. The Balaban J connectivity index is 2.02. The molecule has 1 fully saturated rings. The van der Waals surface area contributed by atoms with Crippen LogP contribution in [0.2, 0.25) is 0 Å². The predicted octanol–water partition coefficient (Wildman–Crippen LogP) is 2.58. The molecule has 1 aliphatic rings. The Hall–Kier alpha value is -0.0800. The van der Waals surface area contributed by atoms with Gasteiger partial charge in [-0.15, -0.1) is 0 Å². The number of ether oxygens (including phenoxy) is 1. The first-order valence-corrected chi connectivity index (χ1v) is 6.19. The smallest absolute Gasteiger partial charge is 0.0622 e. The summed E-state index contributed by atoms with van der Waals surface area (Å²) in [6.45, 7) is 7.42. The van der Waals surface area contributed by atoms with Crippen LogP contribution >= 0.6 is 0 Å². The van der Waals surface area contributed by atoms with Crippen molar-refractivity contribution >= 4 is 0 Å². The number of hydrogen-bond donors (Lipinski definition) is 1. The highest BCUT2D eigenvalue weighted by Crippen LogP contribution is 2.32. The highest BCUT2D eigenvalue weighted by Gasteiger charge is 2.30. The van der Waals surface area contributed by atoms with Crippen LogP contribution in [0, 0.1) is 5.92 Å². The van der Waals surface area contributed by atoms with Gasteiger partial charge in [-0.2, -0.15) is 0 Å². The second-order valence-electron chi connectivity index (χ2n) is 4.33. The molecule has 1 atom stereocenters. The average Bonchev–Trinajstić information content (AvgIpc) is 3.00. The molecule has 0 aromatic carbocycles. The van der Waals surface area contributed by atoms with Crippen molar-refractivity contribution in [1.29, 1.82) is 0 Å². The van der Waals surface area contributed by atoms with Gasteiger partial charge in [-0.3, -0.25) is 0 Å². The Labute approximate surface area is 88.4 Å². The number of hydrogen-bond acceptors (Lipinski definition) is 2. The zero-order valence-corrected chi connectivity index (χ0v) is 9.72. The molecule has 1 unspecified atom stereocenters. The van der Waals surface area contributed by atoms with Crippen LogP contribution in [0.25, 0.3) is 0 Å². The molecule has 14 heavy (non-hydrogen) atoms. The van der Waals surface area contributed by atoms with Crippen molar-refractivity contribution in [3.63, 3.8) is 0 Å². The average molecular weight is 199 g/mol. The SMILES string of the molecule is CCCCOCC(NCCC)C1CC1. The van der Waals surface area contributed by atoms with Gasteiger partial charge in [0.15, 0.2) is 0 Å². The molecule has 84 valence electrons. The predicted molar refractivity (Wildman–Crippen MR) is 60.5 cm³/mol. The molecule has 1 saturated carbocycles. The molecular weight excluding hydrogens is 174 g/mol. The molecule has 2 heteroatoms. The third kappa shape index (κ3) is 4.97. The van der Waals surface area contributed by atoms with Crippen LogP contribution in [0.5, 0.6) is 0 Å². The largest absolute Gasteiger partial charge is 0.380 e. The van der Waals surface area contributed by atoms with E-state index < -0.39 is 0 Å². The summed E-state index contributed by atoms with van der Waals surface area (Å²) in [7, 11) is 0. The van der Waals surface area contributed by atoms with E-state index in [1.807, 2.05) is 0 Å². The summed E-state index contributed by atoms with van der Waals surface area (Å²) in [6.07, 6.45) is 6.46. The van der Waals surface area contributed by atoms with E-state index in [9.17, 15) is 0 Å². The topological polar surface area (TPSA) is 21.3 Å². The van der Waals surface area contributed by atoms with Crippen molar-refractivity contribution in [1.82, 2.24) is 5.32 Å². The van der Waals surface area contributed by atoms with Crippen molar-refractivity contribution < 1.29 is 4.74 Å². The summed E-state index contributed by atoms with van der Waals surface area (Å²) in [6, 6.07) is 0.631. The molecule has 0 spiro atoms. The molecule has 0 heterocycles. The summed E-state index contributed by atoms with van der Waals surface area (Å²) in [4.78, 5) is 0. The van der Waals surface area contributed by atoms with E-state index in [-0.39, 0.29) is 0 Å². The van der Waals surface area contributed by atoms with Gasteiger partial charge >= 0.3 is 0 Å². The van der Waals surface area contributed by atoms with E-state index >= 15 is 0 Å². The van der Waals surface area contributed by atoms with Crippen molar-refractivity contribution in [2.45, 2.75) is 52.0 Å². The van der Waals surface area contributed by atoms with Gasteiger partial charge < -0.3 is 10.1 Å². The Morgan fingerprint density at radius 3 is 2.64 bits per heavy atom. The zero-order chi connectivity index (χ0) is 10.2. The molecular formula is C12H25NO. The van der Waals surface area contributed by atoms with Gasteiger partial charge in [0, 0.05) is 12.6 Å². The minimum atomic E-state index is 0.631. The summed E-state index contributed by atoms with van der Waals surface area (Å²) < 4.78 is 5.67. The van der Waals surface area contributed by atoms with Gasteiger partial charge in [0.1, 0.15) is 0 Å². The lowest BCUT2D eigenvalue weighted by molar-refractivity contribution is 0.103. The zero-order valence-electron chi connectivity index (χ0n) is 9.72. The molecule has 1 rings (SSSR count). The molecule has 0 aliphatic heterocycles. The Kier molecular flexibility index (Phi) is 6.20. The second-order valence-corrected chi connectivity index (χ2v) is 4.33. The van der Waals surface area contributed by atoms with E-state index in [1.165, 1.54) is 32.1 Å². The van der Waals surface area contributed by atoms with Crippen LogP contribution in [0.3, 0.4) is 0 Å². The molecule has 0 bridgehead atoms. The fourth-order valence-electron chi connectivity index (χ4n) is 1.65. The second kappa shape index (κ2) is 7.24. The van der Waals surface area contributed by atoms with Crippen molar-refractivity contribution in [2.75, 3.05) is 19.8 Å². The normalized spacial score (nSPS) is 18.4. The third-order valence-electron chi connectivity index (χ3n) is 2.79. The Morgan fingerprint density at radius 1 is 1.29 bits per heavy atom. The summed E-state index contributed by atoms with van der Waals surface area (Å²) in [5, 5.41) is 3.58. The summed E-state index contributed by atoms with van der Waals surface area (Å²) in [5.41, 5.74) is 0. The molecule has 0 aromatic heterocycles. The van der Waals surface area contributed by atoms with Crippen LogP contribution in [-0.2, 0) is 4.74 Å². The number of rotatable bonds is 9. The number of nitrogens with one attached hydrogen (secondary N) is 1. The van der Waals surface area contributed by atoms with E-state index in [2.05, 4.69) is 19.2 Å². The van der Waals surface area contributed by atoms with E-state index in [1.54, 1.807) is 0 Å². The van der Waals surface area contributed by atoms with Crippen LogP contribution in [0.1, 0.15) is 46.0 Å². The van der Waals surface area contributed by atoms with Crippen LogP contribution in [0.4, 0.5) is 0 Å². The van der Waals surface area contributed by atoms with Gasteiger partial charge in [0.2, 0.25) is 0 Å². The van der Waals surface area contributed by atoms with Crippen molar-refractivity contribution in [3.8, 4) is 0 Å². The maximum absolute atomic E-state index is 5.67. The maximum Gasteiger partial charge on any atom is 0.0622 e. The molecule has 0 amide bonds. The quantitative estimate of drug-likeness (QED) is 0.576. The van der Waals surface area contributed by atoms with Gasteiger partial charge in [-0.25, -0.2) is 0 Å². The van der Waals surface area contributed by atoms with Gasteiger partial charge in [0.05, 0.1) is 6.61 Å². The molecule has 2 nitrogen and oxygen atoms in total. The van der Waals surface area contributed by atoms with Crippen molar-refractivity contribution in [2.24, 2.45) is 5.92 Å². The maximum atomic E-state index is 5.67. The van der Waals surface area contributed by atoms with Crippen LogP contribution < -0.4 is 5.32 Å². The fourth-order valence-corrected chi connectivity index (χ4v) is 1.65. The van der Waals surface area contributed by atoms with Gasteiger partial charge in [-0.05, 0) is 38.1 Å². The number of unbranched alkanes of at least 4 members (excludes halogenated alkanes) is 1. The first-order valence-electron chi connectivity index (χ1n) is 6.19. The Morgan fingerprint density at radius 2 is 2.07 bits per heavy atom. The molecule has 0 saturated heterocycles. The standard InChI is InChI=1S/C12H25NO/c1-3-5-9-14-10-12(11-6-7-11)13-8-4-2/h11-13H,3-10H2,1-2H3. The molecule has 1 aliphatic carbocycles. The molecule has 1 N–H and O–H groups in total. The van der Waals surface area contributed by atoms with E-state index in [4.69, 9.17) is 4.74 Å². The van der Waals surface area contributed by atoms with Gasteiger partial charge in [-0.1, -0.05) is 20.3 Å². The summed E-state index contributed by atoms with van der Waals surface area (Å²) >= 11 is 0. The van der Waals surface area contributed by atoms with Crippen molar-refractivity contribution in [3.05, 3.63) is 0 Å². The summed E-state index contributed by atoms with van der Waals surface area (Å²) in [5.74, 6) is 0.906. The third-order valence-corrected chi connectivity index (χ3v) is 2.79. The lowest BCUT2D eigenvalue weighted by Crippen LogP contribution is -2.36. The highest BCUT2D eigenvalue weighted by molar-refractivity contribution is 4.86. The molecule has 0 aromatic rings. The van der Waals surface area contributed by atoms with Gasteiger partial charge in [0.25, 0.3) is 0 Å². The monoisotopic (exact) mass is 199 g/mol. The van der Waals surface area contributed by atoms with E-state index in [0.29, 0.717) is 6.04 Å². The van der Waals surface area contributed by atoms with Crippen LogP contribution in [0.15, 0.2) is 0 Å².